The fraction of sp³-hybridized carbons (Fsp3) is 0.129. The van der Waals surface area contributed by atoms with Crippen molar-refractivity contribution in [3.63, 3.8) is 0 Å². The largest absolute Gasteiger partial charge is 0.291 e. The number of rotatable bonds is 2. The molecule has 6 aromatic rings. The predicted octanol–water partition coefficient (Wildman–Crippen LogP) is 8.21. The Bertz CT molecular complexity index is 1700. The van der Waals surface area contributed by atoms with Crippen molar-refractivity contribution in [2.75, 3.05) is 0 Å². The van der Waals surface area contributed by atoms with E-state index in [1.165, 1.54) is 55.4 Å². The Morgan fingerprint density at radius 1 is 0.606 bits per heavy atom. The summed E-state index contributed by atoms with van der Waals surface area (Å²) in [5.41, 5.74) is 13.3. The van der Waals surface area contributed by atoms with Gasteiger partial charge >= 0.3 is 0 Å². The first kappa shape index (κ1) is 19.8. The number of fused-ring (bicyclic) bond motifs is 5. The summed E-state index contributed by atoms with van der Waals surface area (Å²) in [6.45, 7) is 8.75. The van der Waals surface area contributed by atoms with Gasteiger partial charge in [0.25, 0.3) is 0 Å². The van der Waals surface area contributed by atoms with Crippen LogP contribution in [0.15, 0.2) is 84.9 Å². The number of nitrogens with zero attached hydrogens (tertiary/aromatic N) is 2. The van der Waals surface area contributed by atoms with Crippen molar-refractivity contribution in [1.29, 1.82) is 0 Å². The van der Waals surface area contributed by atoms with E-state index in [4.69, 9.17) is 4.98 Å². The third-order valence-electron chi connectivity index (χ3n) is 6.75. The molecule has 0 aliphatic rings. The van der Waals surface area contributed by atoms with Crippen molar-refractivity contribution < 1.29 is 0 Å². The Balaban J connectivity index is 1.93. The minimum absolute atomic E-state index is 1.01. The lowest BCUT2D eigenvalue weighted by molar-refractivity contribution is 1.23. The Kier molecular flexibility index (Phi) is 4.38. The first-order chi connectivity index (χ1) is 16.0. The van der Waals surface area contributed by atoms with Gasteiger partial charge in [-0.15, -0.1) is 0 Å². The summed E-state index contributed by atoms with van der Waals surface area (Å²) < 4.78 is 2.38. The number of aryl methyl sites for hydroxylation is 4. The molecule has 6 rings (SSSR count). The number of para-hydroxylation sites is 2. The summed E-state index contributed by atoms with van der Waals surface area (Å²) in [5, 5.41) is 2.42. The lowest BCUT2D eigenvalue weighted by Crippen LogP contribution is -2.01. The summed E-state index contributed by atoms with van der Waals surface area (Å²) in [4.78, 5) is 5.11. The molecule has 0 saturated heterocycles. The zero-order valence-electron chi connectivity index (χ0n) is 19.5. The molecule has 2 nitrogen and oxygen atoms in total. The normalized spacial score (nSPS) is 11.6. The van der Waals surface area contributed by atoms with E-state index in [1.54, 1.807) is 0 Å². The van der Waals surface area contributed by atoms with Crippen molar-refractivity contribution in [3.05, 3.63) is 107 Å². The Hall–Kier alpha value is -3.91. The van der Waals surface area contributed by atoms with Gasteiger partial charge in [0.2, 0.25) is 0 Å². The minimum Gasteiger partial charge on any atom is -0.291 e. The Morgan fingerprint density at radius 2 is 1.21 bits per heavy atom. The van der Waals surface area contributed by atoms with Crippen molar-refractivity contribution in [2.24, 2.45) is 0 Å². The van der Waals surface area contributed by atoms with E-state index < -0.39 is 0 Å². The van der Waals surface area contributed by atoms with E-state index in [2.05, 4.69) is 117 Å². The third-order valence-corrected chi connectivity index (χ3v) is 6.75. The van der Waals surface area contributed by atoms with Crippen LogP contribution in [0.25, 0.3) is 49.8 Å². The van der Waals surface area contributed by atoms with Gasteiger partial charge in [-0.25, -0.2) is 4.98 Å². The average Bonchev–Trinajstić information content (AvgIpc) is 3.19. The predicted molar refractivity (Wildman–Crippen MR) is 140 cm³/mol. The van der Waals surface area contributed by atoms with Crippen molar-refractivity contribution in [3.8, 4) is 22.4 Å². The van der Waals surface area contributed by atoms with Crippen molar-refractivity contribution in [1.82, 2.24) is 9.38 Å². The molecule has 4 aromatic carbocycles. The molecular weight excluding hydrogens is 400 g/mol. The maximum absolute atomic E-state index is 5.11. The number of hydrogen-bond donors (Lipinski definition) is 0. The van der Waals surface area contributed by atoms with Gasteiger partial charge < -0.3 is 0 Å². The number of aromatic nitrogens is 2. The molecule has 160 valence electrons. The number of pyridine rings is 1. The van der Waals surface area contributed by atoms with Crippen LogP contribution >= 0.6 is 0 Å². The van der Waals surface area contributed by atoms with Crippen LogP contribution in [0.1, 0.15) is 22.3 Å². The second-order valence-corrected chi connectivity index (χ2v) is 9.17. The van der Waals surface area contributed by atoms with Crippen LogP contribution in [-0.2, 0) is 0 Å². The first-order valence-electron chi connectivity index (χ1n) is 11.5. The highest BCUT2D eigenvalue weighted by Crippen LogP contribution is 2.43. The monoisotopic (exact) mass is 426 g/mol. The number of benzene rings is 4. The molecule has 0 spiro atoms. The highest BCUT2D eigenvalue weighted by molar-refractivity contribution is 6.11. The molecule has 0 fully saturated rings. The quantitative estimate of drug-likeness (QED) is 0.273. The van der Waals surface area contributed by atoms with Crippen LogP contribution in [0.2, 0.25) is 0 Å². The van der Waals surface area contributed by atoms with Gasteiger partial charge in [-0.05, 0) is 61.9 Å². The maximum atomic E-state index is 5.11. The van der Waals surface area contributed by atoms with E-state index in [0.29, 0.717) is 0 Å². The van der Waals surface area contributed by atoms with Gasteiger partial charge in [0.1, 0.15) is 5.65 Å². The van der Waals surface area contributed by atoms with Crippen LogP contribution in [0.3, 0.4) is 0 Å². The summed E-state index contributed by atoms with van der Waals surface area (Å²) in [7, 11) is 0. The van der Waals surface area contributed by atoms with Crippen LogP contribution < -0.4 is 0 Å². The summed E-state index contributed by atoms with van der Waals surface area (Å²) in [6, 6.07) is 30.7. The topological polar surface area (TPSA) is 17.3 Å². The number of imidazole rings is 1. The molecule has 0 aliphatic carbocycles. The van der Waals surface area contributed by atoms with E-state index >= 15 is 0 Å². The minimum atomic E-state index is 1.01. The van der Waals surface area contributed by atoms with Gasteiger partial charge in [0, 0.05) is 16.5 Å². The zero-order chi connectivity index (χ0) is 22.7. The van der Waals surface area contributed by atoms with E-state index in [9.17, 15) is 0 Å². The molecule has 0 saturated carbocycles. The molecule has 2 heterocycles. The third kappa shape index (κ3) is 2.98. The maximum Gasteiger partial charge on any atom is 0.146 e. The van der Waals surface area contributed by atoms with Gasteiger partial charge in [-0.2, -0.15) is 0 Å². The molecule has 0 radical (unpaired) electrons. The Morgan fingerprint density at radius 3 is 1.91 bits per heavy atom. The van der Waals surface area contributed by atoms with E-state index in [-0.39, 0.29) is 0 Å². The highest BCUT2D eigenvalue weighted by Gasteiger charge is 2.22. The second kappa shape index (κ2) is 7.31. The van der Waals surface area contributed by atoms with Crippen molar-refractivity contribution in [2.45, 2.75) is 27.7 Å². The fourth-order valence-corrected chi connectivity index (χ4v) is 5.27. The summed E-state index contributed by atoms with van der Waals surface area (Å²) in [5.74, 6) is 0. The first-order valence-corrected chi connectivity index (χ1v) is 11.5. The van der Waals surface area contributed by atoms with Crippen LogP contribution in [0, 0.1) is 27.7 Å². The number of hydrogen-bond acceptors (Lipinski definition) is 1. The van der Waals surface area contributed by atoms with E-state index in [1.807, 2.05) is 0 Å². The zero-order valence-corrected chi connectivity index (χ0v) is 19.5. The molecule has 0 amide bonds. The molecule has 2 aromatic heterocycles. The Labute approximate surface area is 194 Å². The molecule has 33 heavy (non-hydrogen) atoms. The van der Waals surface area contributed by atoms with Crippen LogP contribution in [0.4, 0.5) is 0 Å². The second-order valence-electron chi connectivity index (χ2n) is 9.17. The van der Waals surface area contributed by atoms with Crippen molar-refractivity contribution >= 4 is 27.5 Å². The summed E-state index contributed by atoms with van der Waals surface area (Å²) >= 11 is 0. The fourth-order valence-electron chi connectivity index (χ4n) is 5.27. The van der Waals surface area contributed by atoms with Gasteiger partial charge in [-0.1, -0.05) is 83.9 Å². The molecule has 0 N–H and O–H groups in total. The lowest BCUT2D eigenvalue weighted by Gasteiger charge is -2.20. The van der Waals surface area contributed by atoms with Crippen LogP contribution in [-0.4, -0.2) is 9.38 Å². The molecular formula is C31H26N2. The smallest absolute Gasteiger partial charge is 0.146 e. The lowest BCUT2D eigenvalue weighted by atomic mass is 9.89. The molecule has 2 heteroatoms. The molecule has 0 bridgehead atoms. The molecule has 0 atom stereocenters. The van der Waals surface area contributed by atoms with Crippen LogP contribution in [0.5, 0.6) is 0 Å². The highest BCUT2D eigenvalue weighted by atomic mass is 15.0. The standard InChI is InChI=1S/C31H26N2/c1-19-13-15-23(21(3)17-19)29-25-9-5-6-10-26(25)31-32-27-11-7-8-12-28(27)33(31)30(29)24-16-14-20(2)18-22(24)4/h5-18H,1-4H3. The summed E-state index contributed by atoms with van der Waals surface area (Å²) in [6.07, 6.45) is 0. The van der Waals surface area contributed by atoms with Gasteiger partial charge in [-0.3, -0.25) is 4.40 Å². The van der Waals surface area contributed by atoms with Gasteiger partial charge in [0.05, 0.1) is 16.7 Å². The molecule has 0 unspecified atom stereocenters. The van der Waals surface area contributed by atoms with Gasteiger partial charge in [0.15, 0.2) is 0 Å². The average molecular weight is 427 g/mol. The molecule has 0 aliphatic heterocycles. The van der Waals surface area contributed by atoms with E-state index in [0.717, 1.165) is 16.7 Å². The SMILES string of the molecule is Cc1ccc(-c2c(-c3ccc(C)cc3C)n3c4ccccc4nc3c3ccccc23)c(C)c1.